The molecule has 0 saturated heterocycles. The van der Waals surface area contributed by atoms with Crippen LogP contribution in [0, 0.1) is 0 Å². The van der Waals surface area contributed by atoms with Gasteiger partial charge in [0.2, 0.25) is 0 Å². The number of hydrogen-bond acceptors (Lipinski definition) is 6. The lowest BCUT2D eigenvalue weighted by molar-refractivity contribution is -0.108. The molecular formula is C18H35N3O3Si. The number of carbonyl (C=O) groups is 1. The van der Waals surface area contributed by atoms with E-state index in [9.17, 15) is 4.79 Å². The van der Waals surface area contributed by atoms with Gasteiger partial charge in [-0.2, -0.15) is 0 Å². The van der Waals surface area contributed by atoms with E-state index in [0.717, 1.165) is 12.0 Å². The molecule has 0 aliphatic heterocycles. The van der Waals surface area contributed by atoms with E-state index in [2.05, 4.69) is 38.8 Å². The summed E-state index contributed by atoms with van der Waals surface area (Å²) in [6.45, 7) is 11.7. The molecule has 144 valence electrons. The van der Waals surface area contributed by atoms with Crippen LogP contribution in [-0.2, 0) is 15.6 Å². The van der Waals surface area contributed by atoms with Gasteiger partial charge in [0.15, 0.2) is 8.32 Å². The molecule has 0 saturated carbocycles. The largest absolute Gasteiger partial charge is 0.416 e. The highest BCUT2D eigenvalue weighted by Gasteiger charge is 2.36. The van der Waals surface area contributed by atoms with E-state index in [0.29, 0.717) is 31.7 Å². The molecule has 0 spiro atoms. The van der Waals surface area contributed by atoms with Crippen molar-refractivity contribution >= 4 is 20.4 Å². The highest BCUT2D eigenvalue weighted by molar-refractivity contribution is 6.74. The Morgan fingerprint density at radius 1 is 1.36 bits per heavy atom. The average Bonchev–Trinajstić information content (AvgIpc) is 2.47. The van der Waals surface area contributed by atoms with Crippen LogP contribution in [0.3, 0.4) is 0 Å². The first-order valence-corrected chi connectivity index (χ1v) is 11.6. The van der Waals surface area contributed by atoms with E-state index < -0.39 is 8.32 Å². The summed E-state index contributed by atoms with van der Waals surface area (Å²) in [4.78, 5) is 14.2. The molecule has 5 N–H and O–H groups in total. The number of anilines is 1. The minimum absolute atomic E-state index is 0.0423. The van der Waals surface area contributed by atoms with E-state index in [1.807, 2.05) is 12.1 Å². The minimum atomic E-state index is -1.60. The Bertz CT molecular complexity index is 505. The number of aldehydes is 1. The van der Waals surface area contributed by atoms with E-state index in [1.165, 1.54) is 0 Å². The second-order valence-corrected chi connectivity index (χ2v) is 12.4. The van der Waals surface area contributed by atoms with Crippen molar-refractivity contribution in [3.63, 3.8) is 0 Å². The third-order valence-corrected chi connectivity index (χ3v) is 8.84. The van der Waals surface area contributed by atoms with Crippen LogP contribution in [0.15, 0.2) is 18.2 Å². The fraction of sp³-hybridized carbons (Fsp3) is 0.667. The van der Waals surface area contributed by atoms with E-state index in [1.54, 1.807) is 6.07 Å². The molecule has 1 heterocycles. The summed E-state index contributed by atoms with van der Waals surface area (Å²) < 4.78 is 5.74. The first kappa shape index (κ1) is 23.7. The Morgan fingerprint density at radius 2 is 2.00 bits per heavy atom. The number of aromatic nitrogens is 1. The average molecular weight is 370 g/mol. The summed E-state index contributed by atoms with van der Waals surface area (Å²) >= 11 is 0. The van der Waals surface area contributed by atoms with Gasteiger partial charge in [-0.25, -0.2) is 4.98 Å². The fourth-order valence-electron chi connectivity index (χ4n) is 1.73. The summed E-state index contributed by atoms with van der Waals surface area (Å²) in [6.07, 6.45) is 2.68. The number of nitrogens with zero attached hydrogens (tertiary/aromatic N) is 1. The number of rotatable bonds is 8. The van der Waals surface area contributed by atoms with Gasteiger partial charge in [0, 0.05) is 37.8 Å². The second kappa shape index (κ2) is 11.4. The number of carbonyl (C=O) groups excluding carboxylic acids is 1. The standard InChI is InChI=1S/C9H15N3O.C9H20O2Si/c10-7(4-5-13)6-8-2-1-3-9(11)12-8;1-9(2,3)12(4,5)11-8-6-7-10/h1-3,7,13H,4-6,10H2,(H2,11,12);7H,6,8H2,1-5H3/t7-;/m0./s1. The molecule has 0 radical (unpaired) electrons. The maximum Gasteiger partial charge on any atom is 0.191 e. The molecule has 0 bridgehead atoms. The molecule has 1 rings (SSSR count). The van der Waals surface area contributed by atoms with Gasteiger partial charge in [0.05, 0.1) is 0 Å². The van der Waals surface area contributed by atoms with Crippen molar-refractivity contribution in [1.29, 1.82) is 0 Å². The molecule has 0 fully saturated rings. The zero-order valence-electron chi connectivity index (χ0n) is 16.3. The molecule has 0 unspecified atom stereocenters. The van der Waals surface area contributed by atoms with Gasteiger partial charge in [-0.1, -0.05) is 26.8 Å². The van der Waals surface area contributed by atoms with E-state index in [-0.39, 0.29) is 17.7 Å². The monoisotopic (exact) mass is 369 g/mol. The highest BCUT2D eigenvalue weighted by Crippen LogP contribution is 2.36. The third kappa shape index (κ3) is 10.3. The van der Waals surface area contributed by atoms with E-state index >= 15 is 0 Å². The lowest BCUT2D eigenvalue weighted by atomic mass is 10.1. The number of hydrogen-bond donors (Lipinski definition) is 3. The van der Waals surface area contributed by atoms with Crippen molar-refractivity contribution < 1.29 is 14.3 Å². The van der Waals surface area contributed by atoms with Gasteiger partial charge in [-0.3, -0.25) is 0 Å². The fourth-order valence-corrected chi connectivity index (χ4v) is 2.79. The molecule has 1 aromatic rings. The van der Waals surface area contributed by atoms with Crippen molar-refractivity contribution in [3.8, 4) is 0 Å². The Kier molecular flexibility index (Phi) is 10.8. The van der Waals surface area contributed by atoms with Crippen LogP contribution < -0.4 is 11.5 Å². The molecule has 0 aromatic carbocycles. The minimum Gasteiger partial charge on any atom is -0.416 e. The molecule has 0 aliphatic carbocycles. The zero-order valence-corrected chi connectivity index (χ0v) is 17.3. The first-order chi connectivity index (χ1) is 11.5. The molecule has 7 heteroatoms. The predicted octanol–water partition coefficient (Wildman–Crippen LogP) is 2.51. The van der Waals surface area contributed by atoms with E-state index in [4.69, 9.17) is 21.0 Å². The van der Waals surface area contributed by atoms with Crippen molar-refractivity contribution in [2.75, 3.05) is 18.9 Å². The summed E-state index contributed by atoms with van der Waals surface area (Å²) in [7, 11) is -1.60. The second-order valence-electron chi connectivity index (χ2n) is 7.59. The number of aliphatic hydroxyl groups excluding tert-OH is 1. The first-order valence-electron chi connectivity index (χ1n) is 8.69. The predicted molar refractivity (Wildman–Crippen MR) is 106 cm³/mol. The SMILES string of the molecule is CC(C)(C)[Si](C)(C)OCCC=O.Nc1cccc(C[C@@H](N)CCO)n1. The molecule has 0 aliphatic rings. The molecule has 25 heavy (non-hydrogen) atoms. The molecular weight excluding hydrogens is 334 g/mol. The normalized spacial score (nSPS) is 12.9. The number of nitrogen functional groups attached to an aromatic ring is 1. The Morgan fingerprint density at radius 3 is 2.48 bits per heavy atom. The van der Waals surface area contributed by atoms with Gasteiger partial charge < -0.3 is 25.8 Å². The third-order valence-electron chi connectivity index (χ3n) is 4.30. The number of nitrogens with two attached hydrogens (primary N) is 2. The smallest absolute Gasteiger partial charge is 0.191 e. The van der Waals surface area contributed by atoms with Crippen molar-refractivity contribution in [2.45, 2.75) is 64.2 Å². The van der Waals surface area contributed by atoms with Gasteiger partial charge in [0.1, 0.15) is 12.1 Å². The quantitative estimate of drug-likeness (QED) is 0.369. The van der Waals surface area contributed by atoms with Gasteiger partial charge in [-0.05, 0) is 36.7 Å². The van der Waals surface area contributed by atoms with Crippen molar-refractivity contribution in [1.82, 2.24) is 4.98 Å². The maximum absolute atomic E-state index is 10.1. The topological polar surface area (TPSA) is 111 Å². The van der Waals surface area contributed by atoms with Crippen molar-refractivity contribution in [3.05, 3.63) is 23.9 Å². The highest BCUT2D eigenvalue weighted by atomic mass is 28.4. The van der Waals surface area contributed by atoms with Crippen molar-refractivity contribution in [2.24, 2.45) is 5.73 Å². The van der Waals surface area contributed by atoms with Gasteiger partial charge in [0.25, 0.3) is 0 Å². The maximum atomic E-state index is 10.1. The lowest BCUT2D eigenvalue weighted by Crippen LogP contribution is -2.41. The Labute approximate surface area is 153 Å². The number of pyridine rings is 1. The summed E-state index contributed by atoms with van der Waals surface area (Å²) in [6, 6.07) is 5.43. The molecule has 1 aromatic heterocycles. The van der Waals surface area contributed by atoms with Crippen LogP contribution in [-0.4, -0.2) is 43.9 Å². The molecule has 1 atom stereocenters. The van der Waals surface area contributed by atoms with Gasteiger partial charge in [-0.15, -0.1) is 0 Å². The van der Waals surface area contributed by atoms with Crippen LogP contribution in [0.2, 0.25) is 18.1 Å². The molecule has 6 nitrogen and oxygen atoms in total. The van der Waals surface area contributed by atoms with Crippen LogP contribution >= 0.6 is 0 Å². The Balaban J connectivity index is 0.000000463. The van der Waals surface area contributed by atoms with Crippen LogP contribution in [0.5, 0.6) is 0 Å². The van der Waals surface area contributed by atoms with Crippen LogP contribution in [0.4, 0.5) is 5.82 Å². The van der Waals surface area contributed by atoms with Crippen LogP contribution in [0.1, 0.15) is 39.3 Å². The lowest BCUT2D eigenvalue weighted by Gasteiger charge is -2.35. The summed E-state index contributed by atoms with van der Waals surface area (Å²) in [5.74, 6) is 0.508. The number of aliphatic hydroxyl groups is 1. The zero-order chi connectivity index (χ0) is 19.5. The van der Waals surface area contributed by atoms with Crippen LogP contribution in [0.25, 0.3) is 0 Å². The summed E-state index contributed by atoms with van der Waals surface area (Å²) in [5, 5.41) is 8.89. The molecule has 0 amide bonds. The summed E-state index contributed by atoms with van der Waals surface area (Å²) in [5.41, 5.74) is 12.1. The van der Waals surface area contributed by atoms with Gasteiger partial charge >= 0.3 is 0 Å². The Hall–Kier alpha value is -1.28.